The molecule has 2 atom stereocenters. The van der Waals surface area contributed by atoms with Crippen LogP contribution >= 0.6 is 0 Å². The van der Waals surface area contributed by atoms with Gasteiger partial charge in [-0.25, -0.2) is 0 Å². The van der Waals surface area contributed by atoms with Crippen molar-refractivity contribution in [1.29, 1.82) is 0 Å². The van der Waals surface area contributed by atoms with Gasteiger partial charge in [0.2, 0.25) is 0 Å². The molecule has 98 valence electrons. The normalized spacial score (nSPS) is 38.9. The summed E-state index contributed by atoms with van der Waals surface area (Å²) in [6, 6.07) is 1.08. The van der Waals surface area contributed by atoms with Crippen LogP contribution in [0.25, 0.3) is 0 Å². The van der Waals surface area contributed by atoms with Gasteiger partial charge in [-0.2, -0.15) is 0 Å². The zero-order valence-corrected chi connectivity index (χ0v) is 10.5. The Morgan fingerprint density at radius 3 is 2.47 bits per heavy atom. The molecule has 4 nitrogen and oxygen atoms in total. The molecule has 2 fully saturated rings. The molecule has 0 radical (unpaired) electrons. The summed E-state index contributed by atoms with van der Waals surface area (Å²) in [5.41, 5.74) is 0. The summed E-state index contributed by atoms with van der Waals surface area (Å²) >= 11 is 0. The van der Waals surface area contributed by atoms with Crippen molar-refractivity contribution < 1.29 is 14.6 Å². The van der Waals surface area contributed by atoms with E-state index in [4.69, 9.17) is 9.84 Å². The number of rotatable bonds is 3. The van der Waals surface area contributed by atoms with E-state index in [0.717, 1.165) is 45.1 Å². The minimum atomic E-state index is -0.622. The van der Waals surface area contributed by atoms with Crippen molar-refractivity contribution in [2.45, 2.75) is 63.6 Å². The Morgan fingerprint density at radius 1 is 1.18 bits per heavy atom. The number of nitrogens with one attached hydrogen (secondary N) is 1. The van der Waals surface area contributed by atoms with E-state index in [-0.39, 0.29) is 5.92 Å². The van der Waals surface area contributed by atoms with Gasteiger partial charge in [-0.1, -0.05) is 0 Å². The predicted molar refractivity (Wildman–Crippen MR) is 65.0 cm³/mol. The largest absolute Gasteiger partial charge is 0.481 e. The maximum Gasteiger partial charge on any atom is 0.306 e. The highest BCUT2D eigenvalue weighted by molar-refractivity contribution is 5.70. The van der Waals surface area contributed by atoms with E-state index in [1.165, 1.54) is 0 Å². The lowest BCUT2D eigenvalue weighted by Gasteiger charge is -2.34. The Balaban J connectivity index is 1.72. The number of carbonyl (C=O) groups is 1. The highest BCUT2D eigenvalue weighted by Gasteiger charge is 2.28. The molecule has 4 heteroatoms. The van der Waals surface area contributed by atoms with Gasteiger partial charge in [0.05, 0.1) is 12.0 Å². The molecule has 0 aromatic heterocycles. The van der Waals surface area contributed by atoms with E-state index < -0.39 is 5.97 Å². The van der Waals surface area contributed by atoms with Gasteiger partial charge in [0, 0.05) is 18.7 Å². The quantitative estimate of drug-likeness (QED) is 0.791. The third-order valence-electron chi connectivity index (χ3n) is 4.03. The van der Waals surface area contributed by atoms with Crippen LogP contribution in [0.4, 0.5) is 0 Å². The highest BCUT2D eigenvalue weighted by Crippen LogP contribution is 2.25. The van der Waals surface area contributed by atoms with Gasteiger partial charge in [-0.15, -0.1) is 0 Å². The van der Waals surface area contributed by atoms with Gasteiger partial charge in [-0.3, -0.25) is 4.79 Å². The van der Waals surface area contributed by atoms with Gasteiger partial charge in [0.15, 0.2) is 0 Å². The van der Waals surface area contributed by atoms with Crippen molar-refractivity contribution in [3.8, 4) is 0 Å². The summed E-state index contributed by atoms with van der Waals surface area (Å²) in [6.07, 6.45) is 6.18. The van der Waals surface area contributed by atoms with Gasteiger partial charge < -0.3 is 15.2 Å². The SMILES string of the molecule is CC1CC(NC2CCC(C(=O)O)CC2)CCO1. The molecule has 17 heavy (non-hydrogen) atoms. The first-order valence-corrected chi connectivity index (χ1v) is 6.75. The molecular weight excluding hydrogens is 218 g/mol. The summed E-state index contributed by atoms with van der Waals surface area (Å²) < 4.78 is 5.53. The molecule has 2 rings (SSSR count). The van der Waals surface area contributed by atoms with Crippen molar-refractivity contribution in [1.82, 2.24) is 5.32 Å². The lowest BCUT2D eigenvalue weighted by Crippen LogP contribution is -2.45. The van der Waals surface area contributed by atoms with Crippen molar-refractivity contribution in [2.24, 2.45) is 5.92 Å². The molecule has 2 N–H and O–H groups in total. The van der Waals surface area contributed by atoms with E-state index in [1.54, 1.807) is 0 Å². The highest BCUT2D eigenvalue weighted by atomic mass is 16.5. The topological polar surface area (TPSA) is 58.6 Å². The molecule has 0 aromatic carbocycles. The first-order valence-electron chi connectivity index (χ1n) is 6.75. The Kier molecular flexibility index (Phi) is 4.40. The van der Waals surface area contributed by atoms with Crippen LogP contribution in [0, 0.1) is 5.92 Å². The fourth-order valence-corrected chi connectivity index (χ4v) is 2.99. The van der Waals surface area contributed by atoms with Crippen LogP contribution in [0.2, 0.25) is 0 Å². The van der Waals surface area contributed by atoms with Gasteiger partial charge in [-0.05, 0) is 45.4 Å². The van der Waals surface area contributed by atoms with Crippen molar-refractivity contribution >= 4 is 5.97 Å². The molecule has 1 saturated heterocycles. The lowest BCUT2D eigenvalue weighted by molar-refractivity contribution is -0.142. The molecule has 2 unspecified atom stereocenters. The van der Waals surface area contributed by atoms with Crippen LogP contribution < -0.4 is 5.32 Å². The van der Waals surface area contributed by atoms with Gasteiger partial charge >= 0.3 is 5.97 Å². The Hall–Kier alpha value is -0.610. The van der Waals surface area contributed by atoms with E-state index in [2.05, 4.69) is 12.2 Å². The van der Waals surface area contributed by atoms with E-state index >= 15 is 0 Å². The average Bonchev–Trinajstić information content (AvgIpc) is 2.29. The Bertz CT molecular complexity index is 261. The van der Waals surface area contributed by atoms with Crippen LogP contribution in [0.1, 0.15) is 45.4 Å². The second kappa shape index (κ2) is 5.83. The van der Waals surface area contributed by atoms with E-state index in [0.29, 0.717) is 18.2 Å². The summed E-state index contributed by atoms with van der Waals surface area (Å²) in [4.78, 5) is 10.9. The standard InChI is InChI=1S/C13H23NO3/c1-9-8-12(6-7-17-9)14-11-4-2-10(3-5-11)13(15)16/h9-12,14H,2-8H2,1H3,(H,15,16). The van der Waals surface area contributed by atoms with Crippen LogP contribution in [-0.2, 0) is 9.53 Å². The molecule has 1 aliphatic carbocycles. The van der Waals surface area contributed by atoms with Crippen LogP contribution in [0.5, 0.6) is 0 Å². The molecule has 1 saturated carbocycles. The predicted octanol–water partition coefficient (Wildman–Crippen LogP) is 1.79. The summed E-state index contributed by atoms with van der Waals surface area (Å²) in [5, 5.41) is 12.6. The zero-order chi connectivity index (χ0) is 12.3. The number of ether oxygens (including phenoxy) is 1. The monoisotopic (exact) mass is 241 g/mol. The molecule has 0 aromatic rings. The third kappa shape index (κ3) is 3.68. The second-order valence-electron chi connectivity index (χ2n) is 5.46. The smallest absolute Gasteiger partial charge is 0.306 e. The fraction of sp³-hybridized carbons (Fsp3) is 0.923. The number of hydrogen-bond acceptors (Lipinski definition) is 3. The van der Waals surface area contributed by atoms with Crippen LogP contribution in [0.3, 0.4) is 0 Å². The minimum absolute atomic E-state index is 0.110. The molecule has 0 amide bonds. The molecule has 0 bridgehead atoms. The first kappa shape index (κ1) is 12.8. The second-order valence-corrected chi connectivity index (χ2v) is 5.46. The summed E-state index contributed by atoms with van der Waals surface area (Å²) in [5.74, 6) is -0.732. The zero-order valence-electron chi connectivity index (χ0n) is 10.5. The maximum atomic E-state index is 10.9. The lowest BCUT2D eigenvalue weighted by atomic mass is 9.85. The molecular formula is C13H23NO3. The Morgan fingerprint density at radius 2 is 1.88 bits per heavy atom. The summed E-state index contributed by atoms with van der Waals surface area (Å²) in [6.45, 7) is 2.97. The fourth-order valence-electron chi connectivity index (χ4n) is 2.99. The van der Waals surface area contributed by atoms with Crippen molar-refractivity contribution in [3.05, 3.63) is 0 Å². The molecule has 0 spiro atoms. The summed E-state index contributed by atoms with van der Waals surface area (Å²) in [7, 11) is 0. The molecule has 1 heterocycles. The van der Waals surface area contributed by atoms with Crippen molar-refractivity contribution in [2.75, 3.05) is 6.61 Å². The molecule has 1 aliphatic heterocycles. The molecule has 2 aliphatic rings. The maximum absolute atomic E-state index is 10.9. The first-order chi connectivity index (χ1) is 8.15. The third-order valence-corrected chi connectivity index (χ3v) is 4.03. The minimum Gasteiger partial charge on any atom is -0.481 e. The van der Waals surface area contributed by atoms with E-state index in [9.17, 15) is 4.79 Å². The average molecular weight is 241 g/mol. The Labute approximate surface area is 103 Å². The number of carboxylic acids is 1. The number of carboxylic acid groups (broad SMARTS) is 1. The van der Waals surface area contributed by atoms with Crippen LogP contribution in [-0.4, -0.2) is 35.9 Å². The number of hydrogen-bond donors (Lipinski definition) is 2. The number of aliphatic carboxylic acids is 1. The van der Waals surface area contributed by atoms with Gasteiger partial charge in [0.1, 0.15) is 0 Å². The van der Waals surface area contributed by atoms with Gasteiger partial charge in [0.25, 0.3) is 0 Å². The van der Waals surface area contributed by atoms with E-state index in [1.807, 2.05) is 0 Å². The van der Waals surface area contributed by atoms with Crippen LogP contribution in [0.15, 0.2) is 0 Å². The van der Waals surface area contributed by atoms with Crippen molar-refractivity contribution in [3.63, 3.8) is 0 Å².